The van der Waals surface area contributed by atoms with E-state index in [0.29, 0.717) is 0 Å². The standard InChI is InChI=1S/C11H12BrN5O/c1-8(9-3-2-4-10(12)5-9)14-11(18)6-17-7-13-15-16-17/h2-5,7-8H,6H2,1H3,(H,14,18)/t8-/m0/s1. The Morgan fingerprint density at radius 2 is 2.39 bits per heavy atom. The van der Waals surface area contributed by atoms with Crippen LogP contribution in [0.3, 0.4) is 0 Å². The van der Waals surface area contributed by atoms with Crippen molar-refractivity contribution in [3.8, 4) is 0 Å². The highest BCUT2D eigenvalue weighted by Gasteiger charge is 2.10. The zero-order valence-corrected chi connectivity index (χ0v) is 11.3. The Morgan fingerprint density at radius 3 is 3.06 bits per heavy atom. The molecule has 2 aromatic rings. The van der Waals surface area contributed by atoms with E-state index < -0.39 is 0 Å². The molecular formula is C11H12BrN5O. The fourth-order valence-electron chi connectivity index (χ4n) is 1.55. The van der Waals surface area contributed by atoms with Crippen LogP contribution in [0, 0.1) is 0 Å². The Bertz CT molecular complexity index is 528. The number of rotatable bonds is 4. The Labute approximate surface area is 113 Å². The van der Waals surface area contributed by atoms with Gasteiger partial charge in [0.25, 0.3) is 0 Å². The monoisotopic (exact) mass is 309 g/mol. The van der Waals surface area contributed by atoms with E-state index >= 15 is 0 Å². The van der Waals surface area contributed by atoms with Crippen LogP contribution in [0.1, 0.15) is 18.5 Å². The third-order valence-electron chi connectivity index (χ3n) is 2.42. The fourth-order valence-corrected chi connectivity index (χ4v) is 1.96. The van der Waals surface area contributed by atoms with Gasteiger partial charge in [0, 0.05) is 4.47 Å². The van der Waals surface area contributed by atoms with Crippen LogP contribution >= 0.6 is 15.9 Å². The number of carbonyl (C=O) groups is 1. The first-order valence-electron chi connectivity index (χ1n) is 5.41. The van der Waals surface area contributed by atoms with Crippen molar-refractivity contribution < 1.29 is 4.79 Å². The molecule has 6 nitrogen and oxygen atoms in total. The fraction of sp³-hybridized carbons (Fsp3) is 0.273. The number of aromatic nitrogens is 4. The molecular weight excluding hydrogens is 298 g/mol. The second-order valence-electron chi connectivity index (χ2n) is 3.85. The number of nitrogens with one attached hydrogen (secondary N) is 1. The van der Waals surface area contributed by atoms with Gasteiger partial charge in [0.1, 0.15) is 12.9 Å². The average Bonchev–Trinajstić information content (AvgIpc) is 2.81. The SMILES string of the molecule is C[C@H](NC(=O)Cn1cnnn1)c1cccc(Br)c1. The molecule has 1 atom stereocenters. The molecule has 7 heteroatoms. The van der Waals surface area contributed by atoms with E-state index in [1.165, 1.54) is 11.0 Å². The Kier molecular flexibility index (Phi) is 4.03. The van der Waals surface area contributed by atoms with Gasteiger partial charge in [0.2, 0.25) is 5.91 Å². The second kappa shape index (κ2) is 5.72. The summed E-state index contributed by atoms with van der Waals surface area (Å²) in [5.74, 6) is -0.130. The van der Waals surface area contributed by atoms with Crippen LogP contribution in [0.4, 0.5) is 0 Å². The maximum atomic E-state index is 11.7. The molecule has 0 aliphatic heterocycles. The van der Waals surface area contributed by atoms with Crippen molar-refractivity contribution in [1.82, 2.24) is 25.5 Å². The quantitative estimate of drug-likeness (QED) is 0.924. The lowest BCUT2D eigenvalue weighted by Gasteiger charge is -2.14. The summed E-state index contributed by atoms with van der Waals surface area (Å²) in [6, 6.07) is 7.75. The first kappa shape index (κ1) is 12.7. The largest absolute Gasteiger partial charge is 0.348 e. The van der Waals surface area contributed by atoms with Gasteiger partial charge in [-0.1, -0.05) is 28.1 Å². The van der Waals surface area contributed by atoms with Crippen LogP contribution in [-0.4, -0.2) is 26.1 Å². The van der Waals surface area contributed by atoms with Gasteiger partial charge in [-0.05, 0) is 35.0 Å². The molecule has 0 aliphatic rings. The summed E-state index contributed by atoms with van der Waals surface area (Å²) in [6.07, 6.45) is 1.41. The number of amides is 1. The molecule has 94 valence electrons. The second-order valence-corrected chi connectivity index (χ2v) is 4.77. The molecule has 0 aliphatic carbocycles. The van der Waals surface area contributed by atoms with Gasteiger partial charge >= 0.3 is 0 Å². The maximum Gasteiger partial charge on any atom is 0.242 e. The summed E-state index contributed by atoms with van der Waals surface area (Å²) in [7, 11) is 0. The number of carbonyl (C=O) groups excluding carboxylic acids is 1. The van der Waals surface area contributed by atoms with Crippen LogP contribution in [-0.2, 0) is 11.3 Å². The van der Waals surface area contributed by atoms with E-state index in [1.54, 1.807) is 0 Å². The zero-order chi connectivity index (χ0) is 13.0. The summed E-state index contributed by atoms with van der Waals surface area (Å²) >= 11 is 3.40. The van der Waals surface area contributed by atoms with Crippen LogP contribution in [0.5, 0.6) is 0 Å². The summed E-state index contributed by atoms with van der Waals surface area (Å²) in [4.78, 5) is 11.7. The highest BCUT2D eigenvalue weighted by atomic mass is 79.9. The van der Waals surface area contributed by atoms with Crippen LogP contribution in [0.2, 0.25) is 0 Å². The molecule has 0 saturated carbocycles. The number of nitrogens with zero attached hydrogens (tertiary/aromatic N) is 4. The molecule has 1 aromatic heterocycles. The van der Waals surface area contributed by atoms with Gasteiger partial charge in [0.05, 0.1) is 6.04 Å². The van der Waals surface area contributed by atoms with E-state index in [0.717, 1.165) is 10.0 Å². The van der Waals surface area contributed by atoms with Crippen LogP contribution in [0.25, 0.3) is 0 Å². The molecule has 0 saturated heterocycles. The minimum atomic E-state index is -0.130. The first-order chi connectivity index (χ1) is 8.65. The van der Waals surface area contributed by atoms with Gasteiger partial charge in [0.15, 0.2) is 0 Å². The Morgan fingerprint density at radius 1 is 1.56 bits per heavy atom. The summed E-state index contributed by atoms with van der Waals surface area (Å²) in [5.41, 5.74) is 1.04. The average molecular weight is 310 g/mol. The molecule has 0 radical (unpaired) electrons. The third kappa shape index (κ3) is 3.36. The molecule has 1 aromatic carbocycles. The number of benzene rings is 1. The van der Waals surface area contributed by atoms with E-state index in [2.05, 4.69) is 36.8 Å². The maximum absolute atomic E-state index is 11.7. The third-order valence-corrected chi connectivity index (χ3v) is 2.92. The van der Waals surface area contributed by atoms with Crippen LogP contribution < -0.4 is 5.32 Å². The topological polar surface area (TPSA) is 72.7 Å². The van der Waals surface area contributed by atoms with Gasteiger partial charge in [-0.3, -0.25) is 4.79 Å². The molecule has 1 amide bonds. The van der Waals surface area contributed by atoms with Gasteiger partial charge in [-0.2, -0.15) is 0 Å². The minimum Gasteiger partial charge on any atom is -0.348 e. The predicted molar refractivity (Wildman–Crippen MR) is 68.5 cm³/mol. The van der Waals surface area contributed by atoms with Crippen molar-refractivity contribution in [2.24, 2.45) is 0 Å². The normalized spacial score (nSPS) is 12.1. The number of halogens is 1. The molecule has 0 fully saturated rings. The highest BCUT2D eigenvalue weighted by molar-refractivity contribution is 9.10. The zero-order valence-electron chi connectivity index (χ0n) is 9.75. The summed E-state index contributed by atoms with van der Waals surface area (Å²) in [6.45, 7) is 2.05. The Hall–Kier alpha value is -1.76. The van der Waals surface area contributed by atoms with E-state index in [1.807, 2.05) is 31.2 Å². The van der Waals surface area contributed by atoms with Gasteiger partial charge in [-0.25, -0.2) is 4.68 Å². The molecule has 0 unspecified atom stereocenters. The Balaban J connectivity index is 1.95. The molecule has 1 N–H and O–H groups in total. The lowest BCUT2D eigenvalue weighted by molar-refractivity contribution is -0.122. The van der Waals surface area contributed by atoms with Crippen molar-refractivity contribution in [2.45, 2.75) is 19.5 Å². The van der Waals surface area contributed by atoms with Crippen molar-refractivity contribution in [3.05, 3.63) is 40.6 Å². The van der Waals surface area contributed by atoms with Crippen molar-refractivity contribution in [1.29, 1.82) is 0 Å². The summed E-state index contributed by atoms with van der Waals surface area (Å²) in [5, 5.41) is 13.5. The van der Waals surface area contributed by atoms with Crippen molar-refractivity contribution >= 4 is 21.8 Å². The van der Waals surface area contributed by atoms with E-state index in [4.69, 9.17) is 0 Å². The molecule has 0 spiro atoms. The minimum absolute atomic E-state index is 0.0634. The molecule has 1 heterocycles. The smallest absolute Gasteiger partial charge is 0.242 e. The van der Waals surface area contributed by atoms with Crippen molar-refractivity contribution in [3.63, 3.8) is 0 Å². The van der Waals surface area contributed by atoms with Crippen molar-refractivity contribution in [2.75, 3.05) is 0 Å². The predicted octanol–water partition coefficient (Wildman–Crippen LogP) is 1.31. The first-order valence-corrected chi connectivity index (χ1v) is 6.20. The number of hydrogen-bond donors (Lipinski definition) is 1. The van der Waals surface area contributed by atoms with E-state index in [-0.39, 0.29) is 18.5 Å². The lowest BCUT2D eigenvalue weighted by Crippen LogP contribution is -2.30. The number of tetrazole rings is 1. The van der Waals surface area contributed by atoms with E-state index in [9.17, 15) is 4.79 Å². The van der Waals surface area contributed by atoms with Gasteiger partial charge < -0.3 is 5.32 Å². The highest BCUT2D eigenvalue weighted by Crippen LogP contribution is 2.17. The van der Waals surface area contributed by atoms with Crippen LogP contribution in [0.15, 0.2) is 35.1 Å². The lowest BCUT2D eigenvalue weighted by atomic mass is 10.1. The van der Waals surface area contributed by atoms with Gasteiger partial charge in [-0.15, -0.1) is 5.10 Å². The summed E-state index contributed by atoms with van der Waals surface area (Å²) < 4.78 is 2.37. The number of hydrogen-bond acceptors (Lipinski definition) is 4. The molecule has 2 rings (SSSR count). The molecule has 18 heavy (non-hydrogen) atoms. The molecule has 0 bridgehead atoms.